The molecule has 0 bridgehead atoms. The second kappa shape index (κ2) is 17.1. The van der Waals surface area contributed by atoms with Gasteiger partial charge in [-0.3, -0.25) is 0 Å². The highest BCUT2D eigenvalue weighted by atomic mass is 16.8. The van der Waals surface area contributed by atoms with Gasteiger partial charge in [0, 0.05) is 0 Å². The lowest BCUT2D eigenvalue weighted by atomic mass is 9.95. The largest absolute Gasteiger partial charge is 0.394 e. The minimum atomic E-state index is -1.93. The second-order valence-corrected chi connectivity index (χ2v) is 13.9. The quantitative estimate of drug-likeness (QED) is 0.104. The highest BCUT2D eigenvalue weighted by Crippen LogP contribution is 2.36. The lowest BCUT2D eigenvalue weighted by Gasteiger charge is -2.50. The van der Waals surface area contributed by atoms with Crippen LogP contribution < -0.4 is 0 Å². The van der Waals surface area contributed by atoms with Crippen LogP contribution in [0.5, 0.6) is 0 Å². The van der Waals surface area contributed by atoms with E-state index in [4.69, 9.17) is 42.6 Å². The molecule has 5 rings (SSSR count). The van der Waals surface area contributed by atoms with E-state index in [1.807, 2.05) is 0 Å². The Balaban J connectivity index is 1.42. The molecule has 5 saturated heterocycles. The molecule has 22 heteroatoms. The lowest BCUT2D eigenvalue weighted by Crippen LogP contribution is -2.68. The van der Waals surface area contributed by atoms with Gasteiger partial charge in [-0.2, -0.15) is 0 Å². The van der Waals surface area contributed by atoms with Gasteiger partial charge in [0.2, 0.25) is 0 Å². The van der Waals surface area contributed by atoms with Gasteiger partial charge in [-0.15, -0.1) is 0 Å². The topological polar surface area (TPSA) is 346 Å². The molecule has 0 amide bonds. The van der Waals surface area contributed by atoms with Crippen molar-refractivity contribution in [1.82, 2.24) is 0 Å². The smallest absolute Gasteiger partial charge is 0.187 e. The summed E-state index contributed by atoms with van der Waals surface area (Å²) in [6.45, 7) is 4.74. The predicted octanol–water partition coefficient (Wildman–Crippen LogP) is -7.81. The third-order valence-corrected chi connectivity index (χ3v) is 10.2. The van der Waals surface area contributed by atoms with Crippen molar-refractivity contribution >= 4 is 0 Å². The van der Waals surface area contributed by atoms with E-state index in [2.05, 4.69) is 0 Å². The number of hydrogen-bond acceptors (Lipinski definition) is 22. The van der Waals surface area contributed by atoms with Gasteiger partial charge in [-0.1, -0.05) is 0 Å². The summed E-state index contributed by atoms with van der Waals surface area (Å²) in [6, 6.07) is 0. The molecule has 52 heavy (non-hydrogen) atoms. The summed E-state index contributed by atoms with van der Waals surface area (Å²) in [5, 5.41) is 137. The fourth-order valence-corrected chi connectivity index (χ4v) is 6.79. The molecule has 13 N–H and O–H groups in total. The maximum Gasteiger partial charge on any atom is 0.187 e. The Morgan fingerprint density at radius 3 is 1.21 bits per heavy atom. The molecule has 5 aliphatic rings. The zero-order chi connectivity index (χ0) is 38.5. The molecule has 0 aromatic heterocycles. The Morgan fingerprint density at radius 2 is 0.731 bits per heavy atom. The van der Waals surface area contributed by atoms with Gasteiger partial charge in [0.15, 0.2) is 31.5 Å². The number of aliphatic hydroxyl groups is 13. The van der Waals surface area contributed by atoms with Crippen LogP contribution in [0, 0.1) is 0 Å². The van der Waals surface area contributed by atoms with Crippen molar-refractivity contribution in [2.24, 2.45) is 0 Å². The summed E-state index contributed by atoms with van der Waals surface area (Å²) in [5.41, 5.74) is 0. The number of rotatable bonds is 9. The number of hydrogen-bond donors (Lipinski definition) is 13. The minimum absolute atomic E-state index is 0.795. The van der Waals surface area contributed by atoms with E-state index in [1.54, 1.807) is 0 Å². The van der Waals surface area contributed by atoms with Gasteiger partial charge >= 0.3 is 0 Å². The fraction of sp³-hybridized carbons (Fsp3) is 1.00. The van der Waals surface area contributed by atoms with Crippen molar-refractivity contribution in [2.75, 3.05) is 6.61 Å². The van der Waals surface area contributed by atoms with Crippen molar-refractivity contribution in [1.29, 1.82) is 0 Å². The van der Waals surface area contributed by atoms with E-state index in [0.29, 0.717) is 0 Å². The molecule has 0 saturated carbocycles. The summed E-state index contributed by atoms with van der Waals surface area (Å²) in [6.07, 6.45) is -40.6. The van der Waals surface area contributed by atoms with Crippen molar-refractivity contribution < 1.29 is 109 Å². The standard InChI is InChI=1S/C30H52O22/c1-6-11(32)15(36)18(39)27(44-6)51-24-17(38)13(34)8(3)46-29(24)49-22-9(4)47-30(50-23-14(35)10(5-31)48-26(43)21(23)42)25(20(22)41)52-28-19(40)16(37)12(33)7(2)45-28/h6-43H,5H2,1-4H3/t6-,7-,8-,9-,10-,11+,12-,13-,14-,15+,16+,17+,18-,19-,20+,21-,22-,23+,24-,25-,26-,27+,28+,29+,30+/m1/s1. The molecule has 0 radical (unpaired) electrons. The highest BCUT2D eigenvalue weighted by molar-refractivity contribution is 4.98. The first-order valence-corrected chi connectivity index (χ1v) is 17.0. The lowest BCUT2D eigenvalue weighted by molar-refractivity contribution is -0.404. The molecule has 5 heterocycles. The molecule has 5 fully saturated rings. The van der Waals surface area contributed by atoms with Crippen molar-refractivity contribution in [3.63, 3.8) is 0 Å². The van der Waals surface area contributed by atoms with E-state index in [0.717, 1.165) is 0 Å². The number of aliphatic hydroxyl groups excluding tert-OH is 13. The monoisotopic (exact) mass is 764 g/mol. The molecule has 0 unspecified atom stereocenters. The van der Waals surface area contributed by atoms with E-state index >= 15 is 0 Å². The van der Waals surface area contributed by atoms with E-state index in [1.165, 1.54) is 27.7 Å². The molecule has 0 aromatic carbocycles. The van der Waals surface area contributed by atoms with Crippen LogP contribution in [0.3, 0.4) is 0 Å². The summed E-state index contributed by atoms with van der Waals surface area (Å²) in [7, 11) is 0. The van der Waals surface area contributed by atoms with Crippen LogP contribution in [0.1, 0.15) is 27.7 Å². The van der Waals surface area contributed by atoms with E-state index in [9.17, 15) is 66.4 Å². The van der Waals surface area contributed by atoms with Crippen LogP contribution >= 0.6 is 0 Å². The summed E-state index contributed by atoms with van der Waals surface area (Å²) < 4.78 is 51.3. The fourth-order valence-electron chi connectivity index (χ4n) is 6.79. The molecule has 22 nitrogen and oxygen atoms in total. The second-order valence-electron chi connectivity index (χ2n) is 13.9. The Bertz CT molecular complexity index is 1140. The van der Waals surface area contributed by atoms with Crippen LogP contribution in [0.4, 0.5) is 0 Å². The number of ether oxygens (including phenoxy) is 9. The average molecular weight is 765 g/mol. The third-order valence-electron chi connectivity index (χ3n) is 10.2. The summed E-state index contributed by atoms with van der Waals surface area (Å²) >= 11 is 0. The zero-order valence-corrected chi connectivity index (χ0v) is 28.6. The van der Waals surface area contributed by atoms with Crippen molar-refractivity contribution in [2.45, 2.75) is 181 Å². The molecule has 304 valence electrons. The first-order chi connectivity index (χ1) is 24.4. The Morgan fingerprint density at radius 1 is 0.346 bits per heavy atom. The maximum atomic E-state index is 11.8. The summed E-state index contributed by atoms with van der Waals surface area (Å²) in [5.74, 6) is 0. The van der Waals surface area contributed by atoms with Gasteiger partial charge < -0.3 is 109 Å². The Kier molecular flexibility index (Phi) is 13.9. The normalized spacial score (nSPS) is 56.4. The molecular formula is C30H52O22. The van der Waals surface area contributed by atoms with E-state index in [-0.39, 0.29) is 0 Å². The van der Waals surface area contributed by atoms with Gasteiger partial charge in [-0.05, 0) is 27.7 Å². The molecule has 25 atom stereocenters. The third kappa shape index (κ3) is 8.29. The van der Waals surface area contributed by atoms with Crippen LogP contribution in [0.2, 0.25) is 0 Å². The highest BCUT2D eigenvalue weighted by Gasteiger charge is 2.56. The molecule has 0 spiro atoms. The van der Waals surface area contributed by atoms with Crippen LogP contribution in [-0.2, 0) is 42.6 Å². The van der Waals surface area contributed by atoms with Crippen molar-refractivity contribution in [3.8, 4) is 0 Å². The van der Waals surface area contributed by atoms with Gasteiger partial charge in [0.05, 0.1) is 31.0 Å². The Labute approximate surface area is 297 Å². The van der Waals surface area contributed by atoms with Crippen LogP contribution in [0.15, 0.2) is 0 Å². The average Bonchev–Trinajstić information content (AvgIpc) is 3.10. The SMILES string of the molecule is C[C@H]1O[C@@H](O[C@H]2[C@H](O[C@H]3[C@H](O)[C@@H](O[C@@H]4O[C@H](C)[C@@H](O)[C@H](O)[C@H]4O)[C@H](O[C@@H]4[C@@H](O)[C@H](O)O[C@H](CO)[C@H]4O)O[C@@H]3C)O[C@H](C)[C@@H](O)[C@@H]2O)[C@H](O)[C@@H](O)[C@H]1O. The van der Waals surface area contributed by atoms with Gasteiger partial charge in [0.25, 0.3) is 0 Å². The van der Waals surface area contributed by atoms with Gasteiger partial charge in [0.1, 0.15) is 97.7 Å². The first kappa shape index (κ1) is 42.3. The maximum absolute atomic E-state index is 11.8. The Hall–Kier alpha value is -0.880. The molecule has 5 aliphatic heterocycles. The predicted molar refractivity (Wildman–Crippen MR) is 161 cm³/mol. The molecule has 0 aliphatic carbocycles. The zero-order valence-electron chi connectivity index (χ0n) is 28.6. The first-order valence-electron chi connectivity index (χ1n) is 17.0. The van der Waals surface area contributed by atoms with Crippen LogP contribution in [0.25, 0.3) is 0 Å². The van der Waals surface area contributed by atoms with Crippen molar-refractivity contribution in [3.05, 3.63) is 0 Å². The van der Waals surface area contributed by atoms with Gasteiger partial charge in [-0.25, -0.2) is 0 Å². The molecular weight excluding hydrogens is 712 g/mol. The van der Waals surface area contributed by atoms with Crippen LogP contribution in [-0.4, -0.2) is 227 Å². The molecule has 0 aromatic rings. The van der Waals surface area contributed by atoms with E-state index < -0.39 is 160 Å². The minimum Gasteiger partial charge on any atom is -0.394 e. The summed E-state index contributed by atoms with van der Waals surface area (Å²) in [4.78, 5) is 0.